The molecule has 2 fully saturated rings. The van der Waals surface area contributed by atoms with E-state index < -0.39 is 0 Å². The van der Waals surface area contributed by atoms with Crippen LogP contribution in [0.1, 0.15) is 51.3 Å². The zero-order valence-electron chi connectivity index (χ0n) is 17.2. The molecule has 3 N–H and O–H groups in total. The molecule has 2 aromatic heterocycles. The largest absolute Gasteiger partial charge is 0.368 e. The summed E-state index contributed by atoms with van der Waals surface area (Å²) < 4.78 is 2.16. The van der Waals surface area contributed by atoms with Crippen molar-refractivity contribution in [1.29, 1.82) is 0 Å². The summed E-state index contributed by atoms with van der Waals surface area (Å²) in [6.07, 6.45) is 7.64. The van der Waals surface area contributed by atoms with E-state index in [2.05, 4.69) is 35.7 Å². The summed E-state index contributed by atoms with van der Waals surface area (Å²) in [5.41, 5.74) is 10.8. The van der Waals surface area contributed by atoms with Crippen LogP contribution in [0, 0.1) is 5.92 Å². The van der Waals surface area contributed by atoms with Gasteiger partial charge in [-0.15, -0.1) is 0 Å². The predicted octanol–water partition coefficient (Wildman–Crippen LogP) is 2.35. The van der Waals surface area contributed by atoms with Gasteiger partial charge >= 0.3 is 0 Å². The Morgan fingerprint density at radius 2 is 2.00 bits per heavy atom. The van der Waals surface area contributed by atoms with Gasteiger partial charge < -0.3 is 16.0 Å². The van der Waals surface area contributed by atoms with E-state index in [0.717, 1.165) is 56.0 Å². The Kier molecular flexibility index (Phi) is 4.12. The van der Waals surface area contributed by atoms with Crippen LogP contribution in [-0.2, 0) is 18.4 Å². The molecule has 0 radical (unpaired) electrons. The molecule has 0 saturated carbocycles. The number of hydrogen-bond acceptors (Lipinski definition) is 6. The van der Waals surface area contributed by atoms with Gasteiger partial charge in [-0.1, -0.05) is 0 Å². The summed E-state index contributed by atoms with van der Waals surface area (Å²) >= 11 is 0. The number of hydrogen-bond donors (Lipinski definition) is 2. The lowest BCUT2D eigenvalue weighted by Crippen LogP contribution is -2.40. The average molecular weight is 382 g/mol. The highest BCUT2D eigenvalue weighted by Gasteiger charge is 2.37. The number of fused-ring (bicyclic) bond motifs is 4. The number of anilines is 2. The highest BCUT2D eigenvalue weighted by atomic mass is 15.3. The van der Waals surface area contributed by atoms with E-state index >= 15 is 0 Å². The molecule has 3 aliphatic rings. The summed E-state index contributed by atoms with van der Waals surface area (Å²) in [6.45, 7) is 9.81. The quantitative estimate of drug-likeness (QED) is 0.789. The molecule has 2 unspecified atom stereocenters. The Balaban J connectivity index is 1.59. The number of rotatable bonds is 1. The lowest BCUT2D eigenvalue weighted by molar-refractivity contribution is 0.340. The van der Waals surface area contributed by atoms with Crippen LogP contribution in [0.2, 0.25) is 0 Å². The molecule has 2 atom stereocenters. The van der Waals surface area contributed by atoms with Crippen LogP contribution in [0.4, 0.5) is 11.8 Å². The van der Waals surface area contributed by atoms with Gasteiger partial charge in [0.1, 0.15) is 5.82 Å². The lowest BCUT2D eigenvalue weighted by Gasteiger charge is -2.24. The van der Waals surface area contributed by atoms with E-state index in [9.17, 15) is 0 Å². The van der Waals surface area contributed by atoms with Gasteiger partial charge in [-0.2, -0.15) is 10.1 Å². The first kappa shape index (κ1) is 17.9. The second-order valence-corrected chi connectivity index (χ2v) is 9.54. The maximum absolute atomic E-state index is 6.21. The molecule has 7 heteroatoms. The zero-order chi connectivity index (χ0) is 19.5. The standard InChI is InChI=1S/C21H31N7/c1-21(2,3)28-17-8-4-7-14-18(15(17)10-24-28)25-20(22)26-19(14)27-11-13-6-5-9-23-16(13)12-27/h10,13,16,23H,4-9,11-12H2,1-3H3,(H2,22,25,26). The average Bonchev–Trinajstić information content (AvgIpc) is 3.22. The van der Waals surface area contributed by atoms with Gasteiger partial charge in [0.05, 0.1) is 17.4 Å². The topological polar surface area (TPSA) is 84.9 Å². The zero-order valence-corrected chi connectivity index (χ0v) is 17.2. The predicted molar refractivity (Wildman–Crippen MR) is 111 cm³/mol. The van der Waals surface area contributed by atoms with Crippen molar-refractivity contribution in [2.75, 3.05) is 30.3 Å². The second-order valence-electron chi connectivity index (χ2n) is 9.54. The molecule has 5 rings (SSSR count). The molecule has 1 aliphatic carbocycles. The van der Waals surface area contributed by atoms with E-state index in [4.69, 9.17) is 20.8 Å². The normalized spacial score (nSPS) is 24.5. The van der Waals surface area contributed by atoms with Crippen LogP contribution in [-0.4, -0.2) is 45.4 Å². The Bertz CT molecular complexity index is 881. The first-order chi connectivity index (χ1) is 13.4. The maximum atomic E-state index is 6.21. The maximum Gasteiger partial charge on any atom is 0.222 e. The fourth-order valence-electron chi connectivity index (χ4n) is 5.25. The fraction of sp³-hybridized carbons (Fsp3) is 0.667. The van der Waals surface area contributed by atoms with Crippen molar-refractivity contribution in [3.8, 4) is 11.3 Å². The van der Waals surface area contributed by atoms with Crippen LogP contribution >= 0.6 is 0 Å². The Morgan fingerprint density at radius 1 is 1.14 bits per heavy atom. The first-order valence-corrected chi connectivity index (χ1v) is 10.6. The molecule has 0 amide bonds. The minimum absolute atomic E-state index is 0.0458. The van der Waals surface area contributed by atoms with Crippen LogP contribution < -0.4 is 16.0 Å². The molecule has 150 valence electrons. The summed E-state index contributed by atoms with van der Waals surface area (Å²) in [5.74, 6) is 2.13. The van der Waals surface area contributed by atoms with Gasteiger partial charge in [-0.25, -0.2) is 4.98 Å². The van der Waals surface area contributed by atoms with Crippen molar-refractivity contribution < 1.29 is 0 Å². The third kappa shape index (κ3) is 2.87. The molecule has 2 aliphatic heterocycles. The van der Waals surface area contributed by atoms with Gasteiger partial charge in [0, 0.05) is 36.0 Å². The summed E-state index contributed by atoms with van der Waals surface area (Å²) in [7, 11) is 0. The monoisotopic (exact) mass is 381 g/mol. The SMILES string of the molecule is CC(C)(C)n1ncc2c1CCCc1c-2nc(N)nc1N1CC2CCCNC2C1. The Labute approximate surface area is 166 Å². The molecule has 28 heavy (non-hydrogen) atoms. The molecule has 7 nitrogen and oxygen atoms in total. The first-order valence-electron chi connectivity index (χ1n) is 10.6. The van der Waals surface area contributed by atoms with Crippen LogP contribution in [0.25, 0.3) is 11.3 Å². The number of nitrogens with one attached hydrogen (secondary N) is 1. The summed E-state index contributed by atoms with van der Waals surface area (Å²) in [6, 6.07) is 0.575. The van der Waals surface area contributed by atoms with Crippen molar-refractivity contribution in [1.82, 2.24) is 25.1 Å². The number of nitrogen functional groups attached to an aromatic ring is 1. The minimum Gasteiger partial charge on any atom is -0.368 e. The van der Waals surface area contributed by atoms with Crippen LogP contribution in [0.3, 0.4) is 0 Å². The number of nitrogens with zero attached hydrogens (tertiary/aromatic N) is 5. The van der Waals surface area contributed by atoms with Crippen molar-refractivity contribution >= 4 is 11.8 Å². The summed E-state index contributed by atoms with van der Waals surface area (Å²) in [5, 5.41) is 8.41. The highest BCUT2D eigenvalue weighted by Crippen LogP contribution is 2.39. The number of nitrogens with two attached hydrogens (primary N) is 1. The highest BCUT2D eigenvalue weighted by molar-refractivity contribution is 5.73. The van der Waals surface area contributed by atoms with Crippen molar-refractivity contribution in [2.24, 2.45) is 5.92 Å². The van der Waals surface area contributed by atoms with Crippen molar-refractivity contribution in [3.05, 3.63) is 17.5 Å². The molecule has 4 heterocycles. The summed E-state index contributed by atoms with van der Waals surface area (Å²) in [4.78, 5) is 11.9. The van der Waals surface area contributed by atoms with Crippen LogP contribution in [0.5, 0.6) is 0 Å². The van der Waals surface area contributed by atoms with E-state index in [1.165, 1.54) is 24.1 Å². The molecule has 0 spiro atoms. The van der Waals surface area contributed by atoms with Gasteiger partial charge in [-0.3, -0.25) is 4.68 Å². The van der Waals surface area contributed by atoms with E-state index in [1.807, 2.05) is 6.20 Å². The fourth-order valence-corrected chi connectivity index (χ4v) is 5.25. The van der Waals surface area contributed by atoms with E-state index in [0.29, 0.717) is 17.9 Å². The second kappa shape index (κ2) is 6.44. The third-order valence-electron chi connectivity index (χ3n) is 6.50. The lowest BCUT2D eigenvalue weighted by atomic mass is 9.94. The molecule has 2 aromatic rings. The Hall–Kier alpha value is -2.15. The molecule has 2 saturated heterocycles. The van der Waals surface area contributed by atoms with Crippen molar-refractivity contribution in [3.63, 3.8) is 0 Å². The number of piperidine rings is 1. The van der Waals surface area contributed by atoms with E-state index in [1.54, 1.807) is 0 Å². The molecule has 0 aromatic carbocycles. The van der Waals surface area contributed by atoms with Crippen molar-refractivity contribution in [2.45, 2.75) is 64.5 Å². The third-order valence-corrected chi connectivity index (χ3v) is 6.50. The smallest absolute Gasteiger partial charge is 0.222 e. The van der Waals surface area contributed by atoms with Crippen LogP contribution in [0.15, 0.2) is 6.20 Å². The minimum atomic E-state index is -0.0458. The number of aromatic nitrogens is 4. The van der Waals surface area contributed by atoms with Gasteiger partial charge in [-0.05, 0) is 65.3 Å². The van der Waals surface area contributed by atoms with E-state index in [-0.39, 0.29) is 5.54 Å². The Morgan fingerprint density at radius 3 is 2.79 bits per heavy atom. The molecular weight excluding hydrogens is 350 g/mol. The van der Waals surface area contributed by atoms with Gasteiger partial charge in [0.25, 0.3) is 0 Å². The van der Waals surface area contributed by atoms with Gasteiger partial charge in [0.2, 0.25) is 5.95 Å². The molecule has 0 bridgehead atoms. The van der Waals surface area contributed by atoms with Gasteiger partial charge in [0.15, 0.2) is 0 Å². The molecular formula is C21H31N7.